The minimum Gasteiger partial charge on any atom is -0.324 e. The average molecular weight is 611 g/mol. The fourth-order valence-electron chi connectivity index (χ4n) is 5.30. The highest BCUT2D eigenvalue weighted by atomic mass is 32.2. The maximum atomic E-state index is 13.8. The number of thiazole rings is 1. The highest BCUT2D eigenvalue weighted by Gasteiger charge is 2.57. The van der Waals surface area contributed by atoms with Crippen LogP contribution in [0.15, 0.2) is 82.9 Å². The number of halogens is 3. The molecule has 2 aliphatic heterocycles. The van der Waals surface area contributed by atoms with Gasteiger partial charge in [0.05, 0.1) is 27.9 Å². The Kier molecular flexibility index (Phi) is 7.01. The Labute approximate surface area is 245 Å². The van der Waals surface area contributed by atoms with E-state index in [1.165, 1.54) is 12.1 Å². The molecule has 0 aliphatic carbocycles. The monoisotopic (exact) mass is 610 g/mol. The van der Waals surface area contributed by atoms with Gasteiger partial charge < -0.3 is 5.32 Å². The Bertz CT molecular complexity index is 1770. The standard InChI is InChI=1S/C29H21F3N4O4S2/c1-15-8-10-17(11-9-15)36-25(38)22-21(16-5-4-12-33-13-16)24-27(41-23(22)26(36)39)35(28(40)42-24)14-20(37)34-19-7-3-2-6-18(19)29(30,31)32/h2-13,21-23H,14H2,1H3,(H,34,37). The van der Waals surface area contributed by atoms with Gasteiger partial charge in [0, 0.05) is 23.2 Å². The van der Waals surface area contributed by atoms with Crippen molar-refractivity contribution in [3.8, 4) is 0 Å². The van der Waals surface area contributed by atoms with E-state index in [1.807, 2.05) is 6.92 Å². The van der Waals surface area contributed by atoms with Gasteiger partial charge in [-0.2, -0.15) is 13.2 Å². The number of carbonyl (C=O) groups is 3. The van der Waals surface area contributed by atoms with E-state index in [0.717, 1.165) is 50.3 Å². The number of amides is 3. The molecule has 2 aromatic carbocycles. The predicted molar refractivity (Wildman–Crippen MR) is 152 cm³/mol. The van der Waals surface area contributed by atoms with Gasteiger partial charge in [-0.05, 0) is 42.8 Å². The Morgan fingerprint density at radius 1 is 1.00 bits per heavy atom. The molecule has 3 unspecified atom stereocenters. The molecule has 1 N–H and O–H groups in total. The lowest BCUT2D eigenvalue weighted by atomic mass is 9.84. The van der Waals surface area contributed by atoms with Crippen molar-refractivity contribution in [3.63, 3.8) is 0 Å². The molecular weight excluding hydrogens is 589 g/mol. The van der Waals surface area contributed by atoms with E-state index in [-0.39, 0.29) is 0 Å². The lowest BCUT2D eigenvalue weighted by Crippen LogP contribution is -2.33. The molecule has 0 bridgehead atoms. The number of hydrogen-bond donors (Lipinski definition) is 1. The van der Waals surface area contributed by atoms with E-state index >= 15 is 0 Å². The number of nitrogens with one attached hydrogen (secondary N) is 1. The smallest absolute Gasteiger partial charge is 0.324 e. The summed E-state index contributed by atoms with van der Waals surface area (Å²) in [5.41, 5.74) is 0.564. The third-order valence-corrected chi connectivity index (χ3v) is 9.80. The predicted octanol–water partition coefficient (Wildman–Crippen LogP) is 5.07. The maximum Gasteiger partial charge on any atom is 0.418 e. The Morgan fingerprint density at radius 2 is 1.74 bits per heavy atom. The molecule has 0 spiro atoms. The van der Waals surface area contributed by atoms with Gasteiger partial charge in [0.25, 0.3) is 0 Å². The van der Waals surface area contributed by atoms with Crippen molar-refractivity contribution >= 4 is 52.2 Å². The van der Waals surface area contributed by atoms with E-state index in [0.29, 0.717) is 21.2 Å². The van der Waals surface area contributed by atoms with Crippen LogP contribution in [-0.4, -0.2) is 32.5 Å². The minimum atomic E-state index is -4.69. The summed E-state index contributed by atoms with van der Waals surface area (Å²) in [4.78, 5) is 59.1. The van der Waals surface area contributed by atoms with E-state index in [1.54, 1.807) is 48.8 Å². The first-order valence-electron chi connectivity index (χ1n) is 12.7. The number of benzene rings is 2. The van der Waals surface area contributed by atoms with Crippen molar-refractivity contribution in [2.24, 2.45) is 5.92 Å². The molecule has 6 rings (SSSR count). The van der Waals surface area contributed by atoms with Crippen LogP contribution >= 0.6 is 23.1 Å². The molecule has 4 heterocycles. The molecule has 2 aromatic heterocycles. The van der Waals surface area contributed by atoms with E-state index < -0.39 is 63.7 Å². The molecule has 214 valence electrons. The molecule has 13 heteroatoms. The van der Waals surface area contributed by atoms with Gasteiger partial charge in [0.1, 0.15) is 11.8 Å². The molecule has 0 radical (unpaired) electrons. The molecule has 1 saturated heterocycles. The Hall–Kier alpha value is -4.23. The molecule has 2 aliphatic rings. The molecule has 0 saturated carbocycles. The van der Waals surface area contributed by atoms with Crippen molar-refractivity contribution < 1.29 is 27.6 Å². The van der Waals surface area contributed by atoms with E-state index in [9.17, 15) is 32.3 Å². The van der Waals surface area contributed by atoms with Crippen molar-refractivity contribution in [3.05, 3.63) is 104 Å². The van der Waals surface area contributed by atoms with Gasteiger partial charge >= 0.3 is 11.0 Å². The quantitative estimate of drug-likeness (QED) is 0.317. The number of aromatic nitrogens is 2. The zero-order chi connectivity index (χ0) is 29.8. The molecule has 1 fully saturated rings. The van der Waals surface area contributed by atoms with Crippen LogP contribution in [-0.2, 0) is 27.1 Å². The number of nitrogens with zero attached hydrogens (tertiary/aromatic N) is 3. The number of carbonyl (C=O) groups excluding carboxylic acids is 3. The number of imide groups is 1. The summed E-state index contributed by atoms with van der Waals surface area (Å²) in [5.74, 6) is -3.23. The van der Waals surface area contributed by atoms with Crippen LogP contribution in [0.5, 0.6) is 0 Å². The van der Waals surface area contributed by atoms with Crippen LogP contribution in [0.1, 0.15) is 27.5 Å². The van der Waals surface area contributed by atoms with Crippen molar-refractivity contribution in [2.45, 2.75) is 35.8 Å². The highest BCUT2D eigenvalue weighted by molar-refractivity contribution is 8.00. The largest absolute Gasteiger partial charge is 0.418 e. The second-order valence-electron chi connectivity index (χ2n) is 9.89. The first-order valence-corrected chi connectivity index (χ1v) is 14.4. The summed E-state index contributed by atoms with van der Waals surface area (Å²) >= 11 is 1.87. The zero-order valence-corrected chi connectivity index (χ0v) is 23.4. The third-order valence-electron chi connectivity index (χ3n) is 7.19. The first-order chi connectivity index (χ1) is 20.0. The van der Waals surface area contributed by atoms with Crippen LogP contribution in [0.2, 0.25) is 0 Å². The Morgan fingerprint density at radius 3 is 2.43 bits per heavy atom. The Balaban J connectivity index is 1.38. The van der Waals surface area contributed by atoms with Gasteiger partial charge in [-0.25, -0.2) is 4.90 Å². The number of pyridine rings is 1. The fraction of sp³-hybridized carbons (Fsp3) is 0.207. The third kappa shape index (κ3) is 4.81. The van der Waals surface area contributed by atoms with Crippen LogP contribution in [0, 0.1) is 12.8 Å². The summed E-state index contributed by atoms with van der Waals surface area (Å²) in [7, 11) is 0. The van der Waals surface area contributed by atoms with Crippen molar-refractivity contribution in [2.75, 3.05) is 10.2 Å². The molecular formula is C29H21F3N4O4S2. The summed E-state index contributed by atoms with van der Waals surface area (Å²) in [5, 5.41) is 1.69. The lowest BCUT2D eigenvalue weighted by Gasteiger charge is -2.30. The van der Waals surface area contributed by atoms with Gasteiger partial charge in [-0.15, -0.1) is 0 Å². The summed E-state index contributed by atoms with van der Waals surface area (Å²) in [6.07, 6.45) is -1.55. The first kappa shape index (κ1) is 27.9. The molecule has 3 amide bonds. The SMILES string of the molecule is Cc1ccc(N2C(=O)C3Sc4c(sc(=O)n4CC(=O)Nc4ccccc4C(F)(F)F)C(c4cccnc4)C3C2=O)cc1. The summed E-state index contributed by atoms with van der Waals surface area (Å²) in [6, 6.07) is 15.0. The fourth-order valence-corrected chi connectivity index (χ4v) is 8.07. The highest BCUT2D eigenvalue weighted by Crippen LogP contribution is 2.53. The lowest BCUT2D eigenvalue weighted by molar-refractivity contribution is -0.137. The van der Waals surface area contributed by atoms with Crippen LogP contribution in [0.4, 0.5) is 24.5 Å². The van der Waals surface area contributed by atoms with Gasteiger partial charge in [-0.3, -0.25) is 28.7 Å². The van der Waals surface area contributed by atoms with Crippen LogP contribution in [0.25, 0.3) is 0 Å². The summed E-state index contributed by atoms with van der Waals surface area (Å²) in [6.45, 7) is 1.31. The normalized spacial score (nSPS) is 19.9. The second kappa shape index (κ2) is 10.6. The number of anilines is 2. The van der Waals surface area contributed by atoms with Crippen molar-refractivity contribution in [1.29, 1.82) is 0 Å². The van der Waals surface area contributed by atoms with Gasteiger partial charge in [0.15, 0.2) is 0 Å². The molecule has 42 heavy (non-hydrogen) atoms. The topological polar surface area (TPSA) is 101 Å². The molecule has 8 nitrogen and oxygen atoms in total. The number of alkyl halides is 3. The number of thioether (sulfide) groups is 1. The van der Waals surface area contributed by atoms with Gasteiger partial charge in [0.2, 0.25) is 17.7 Å². The summed E-state index contributed by atoms with van der Waals surface area (Å²) < 4.78 is 41.5. The zero-order valence-electron chi connectivity index (χ0n) is 21.8. The second-order valence-corrected chi connectivity index (χ2v) is 12.0. The maximum absolute atomic E-state index is 13.8. The van der Waals surface area contributed by atoms with Crippen molar-refractivity contribution in [1.82, 2.24) is 9.55 Å². The number of rotatable bonds is 5. The number of aryl methyl sites for hydroxylation is 1. The average Bonchev–Trinajstić information content (AvgIpc) is 3.40. The molecule has 3 atom stereocenters. The number of hydrogen-bond acceptors (Lipinski definition) is 7. The van der Waals surface area contributed by atoms with Crippen LogP contribution in [0.3, 0.4) is 0 Å². The van der Waals surface area contributed by atoms with E-state index in [4.69, 9.17) is 0 Å². The number of para-hydroxylation sites is 1. The molecule has 4 aromatic rings. The number of fused-ring (bicyclic) bond motifs is 2. The van der Waals surface area contributed by atoms with Gasteiger partial charge in [-0.1, -0.05) is 59.0 Å². The minimum absolute atomic E-state index is 0.325. The van der Waals surface area contributed by atoms with E-state index in [2.05, 4.69) is 10.3 Å². The van der Waals surface area contributed by atoms with Crippen LogP contribution < -0.4 is 15.1 Å².